The number of carbonyl (C=O) groups is 1. The number of ether oxygens (including phenoxy) is 1. The highest BCUT2D eigenvalue weighted by molar-refractivity contribution is 5.91. The average molecular weight is 339 g/mol. The average Bonchev–Trinajstić information content (AvgIpc) is 2.49. The molecule has 1 aromatic carbocycles. The lowest BCUT2D eigenvalue weighted by Gasteiger charge is -2.31. The van der Waals surface area contributed by atoms with E-state index in [1.165, 1.54) is 18.7 Å². The van der Waals surface area contributed by atoms with E-state index in [0.717, 1.165) is 31.1 Å². The van der Waals surface area contributed by atoms with Gasteiger partial charge in [-0.2, -0.15) is 0 Å². The maximum atomic E-state index is 12.9. The molecule has 1 heterocycles. The van der Waals surface area contributed by atoms with Gasteiger partial charge in [0.2, 0.25) is 0 Å². The molecule has 0 aliphatic carbocycles. The second-order valence-corrected chi connectivity index (χ2v) is 7.19. The van der Waals surface area contributed by atoms with Crippen molar-refractivity contribution in [1.82, 2.24) is 0 Å². The van der Waals surface area contributed by atoms with Gasteiger partial charge in [-0.05, 0) is 24.3 Å². The summed E-state index contributed by atoms with van der Waals surface area (Å²) >= 11 is 0. The fraction of sp³-hybridized carbons (Fsp3) is 0.611. The van der Waals surface area contributed by atoms with Crippen molar-refractivity contribution in [1.29, 1.82) is 0 Å². The summed E-state index contributed by atoms with van der Waals surface area (Å²) in [6.07, 6.45) is 0.200. The zero-order valence-corrected chi connectivity index (χ0v) is 14.9. The van der Waals surface area contributed by atoms with Gasteiger partial charge in [-0.25, -0.2) is 4.39 Å². The Morgan fingerprint density at radius 3 is 2.79 bits per heavy atom. The minimum Gasteiger partial charge on any atom is -0.361 e. The lowest BCUT2D eigenvalue weighted by molar-refractivity contribution is -0.926. The maximum Gasteiger partial charge on any atom is 0.279 e. The number of halogens is 1. The fourth-order valence-electron chi connectivity index (χ4n) is 3.22. The summed E-state index contributed by atoms with van der Waals surface area (Å²) < 4.78 is 18.7. The molecular formula is C18H30FN3O2+2. The van der Waals surface area contributed by atoms with Gasteiger partial charge in [0, 0.05) is 11.6 Å². The van der Waals surface area contributed by atoms with Gasteiger partial charge in [-0.1, -0.05) is 13.8 Å². The summed E-state index contributed by atoms with van der Waals surface area (Å²) in [5, 5.41) is 2.80. The molecule has 0 bridgehead atoms. The number of benzene rings is 1. The Hall–Kier alpha value is -1.50. The van der Waals surface area contributed by atoms with Crippen molar-refractivity contribution in [2.75, 3.05) is 51.7 Å². The third kappa shape index (κ3) is 6.55. The van der Waals surface area contributed by atoms with Crippen LogP contribution in [0.3, 0.4) is 0 Å². The van der Waals surface area contributed by atoms with E-state index < -0.39 is 0 Å². The third-order valence-electron chi connectivity index (χ3n) is 4.19. The van der Waals surface area contributed by atoms with Crippen molar-refractivity contribution in [2.24, 2.45) is 5.92 Å². The summed E-state index contributed by atoms with van der Waals surface area (Å²) in [6, 6.07) is 5.82. The summed E-state index contributed by atoms with van der Waals surface area (Å²) in [7, 11) is 2.00. The Morgan fingerprint density at radius 2 is 2.12 bits per heavy atom. The Morgan fingerprint density at radius 1 is 1.42 bits per heavy atom. The van der Waals surface area contributed by atoms with Gasteiger partial charge >= 0.3 is 0 Å². The van der Waals surface area contributed by atoms with E-state index in [0.29, 0.717) is 18.2 Å². The van der Waals surface area contributed by atoms with Crippen molar-refractivity contribution >= 4 is 11.6 Å². The number of morpholine rings is 1. The number of anilines is 1. The first-order valence-electron chi connectivity index (χ1n) is 8.74. The topological polar surface area (TPSA) is 47.2 Å². The molecule has 1 saturated heterocycles. The van der Waals surface area contributed by atoms with E-state index in [9.17, 15) is 9.18 Å². The van der Waals surface area contributed by atoms with Crippen molar-refractivity contribution in [3.05, 3.63) is 30.1 Å². The first-order valence-corrected chi connectivity index (χ1v) is 8.74. The van der Waals surface area contributed by atoms with Crippen molar-refractivity contribution in [3.8, 4) is 0 Å². The van der Waals surface area contributed by atoms with E-state index in [-0.39, 0.29) is 17.8 Å². The summed E-state index contributed by atoms with van der Waals surface area (Å²) in [4.78, 5) is 14.8. The van der Waals surface area contributed by atoms with Crippen LogP contribution in [0, 0.1) is 11.7 Å². The maximum absolute atomic E-state index is 12.9. The molecule has 0 saturated carbocycles. The number of quaternary nitrogens is 2. The summed E-state index contributed by atoms with van der Waals surface area (Å²) in [5.41, 5.74) is 0.621. The monoisotopic (exact) mass is 339 g/mol. The van der Waals surface area contributed by atoms with Crippen LogP contribution in [-0.2, 0) is 9.53 Å². The Balaban J connectivity index is 1.74. The van der Waals surface area contributed by atoms with Crippen LogP contribution in [0.2, 0.25) is 0 Å². The Labute approximate surface area is 143 Å². The largest absolute Gasteiger partial charge is 0.361 e. The van der Waals surface area contributed by atoms with Crippen molar-refractivity contribution < 1.29 is 23.7 Å². The van der Waals surface area contributed by atoms with E-state index in [1.807, 2.05) is 7.05 Å². The van der Waals surface area contributed by atoms with Crippen molar-refractivity contribution in [2.45, 2.75) is 20.0 Å². The van der Waals surface area contributed by atoms with Crippen LogP contribution >= 0.6 is 0 Å². The molecule has 1 amide bonds. The Kier molecular flexibility index (Phi) is 7.15. The molecule has 1 aromatic rings. The normalized spacial score (nSPS) is 22.4. The summed E-state index contributed by atoms with van der Waals surface area (Å²) in [5.74, 6) is 0.310. The van der Waals surface area contributed by atoms with Crippen LogP contribution < -0.4 is 15.1 Å². The SMILES string of the molecule is CC(C)C[NH+]1CCO[C@H](C[NH+](C)CC(=O)Nc2ccc(F)cc2)C1. The van der Waals surface area contributed by atoms with Gasteiger partial charge in [-0.3, -0.25) is 4.79 Å². The predicted molar refractivity (Wildman–Crippen MR) is 91.8 cm³/mol. The molecular weight excluding hydrogens is 309 g/mol. The number of hydrogen-bond donors (Lipinski definition) is 3. The van der Waals surface area contributed by atoms with Gasteiger partial charge in [0.05, 0.1) is 20.2 Å². The number of amides is 1. The number of likely N-dealkylation sites (N-methyl/N-ethyl adjacent to an activating group) is 1. The molecule has 5 nitrogen and oxygen atoms in total. The van der Waals surface area contributed by atoms with E-state index in [4.69, 9.17) is 4.74 Å². The quantitative estimate of drug-likeness (QED) is 0.610. The molecule has 1 aliphatic heterocycles. The zero-order valence-electron chi connectivity index (χ0n) is 14.9. The smallest absolute Gasteiger partial charge is 0.279 e. The summed E-state index contributed by atoms with van der Waals surface area (Å²) in [6.45, 7) is 9.72. The molecule has 0 spiro atoms. The van der Waals surface area contributed by atoms with Crippen LogP contribution in [0.1, 0.15) is 13.8 Å². The van der Waals surface area contributed by atoms with Crippen LogP contribution in [0.4, 0.5) is 10.1 Å². The van der Waals surface area contributed by atoms with Gasteiger partial charge < -0.3 is 19.9 Å². The standard InChI is InChI=1S/C18H28FN3O2/c1-14(2)10-22-8-9-24-17(12-22)11-21(3)13-18(23)20-16-6-4-15(19)5-7-16/h4-7,14,17H,8-13H2,1-3H3,(H,20,23)/p+2/t17-/m1/s1. The number of rotatable bonds is 7. The van der Waals surface area contributed by atoms with Crippen LogP contribution in [-0.4, -0.2) is 58.4 Å². The molecule has 0 aromatic heterocycles. The second kappa shape index (κ2) is 9.11. The van der Waals surface area contributed by atoms with Gasteiger partial charge in [-0.15, -0.1) is 0 Å². The predicted octanol–water partition coefficient (Wildman–Crippen LogP) is -0.781. The molecule has 3 N–H and O–H groups in total. The first-order chi connectivity index (χ1) is 11.4. The molecule has 1 aliphatic rings. The van der Waals surface area contributed by atoms with E-state index in [1.54, 1.807) is 17.0 Å². The molecule has 2 unspecified atom stereocenters. The fourth-order valence-corrected chi connectivity index (χ4v) is 3.22. The number of nitrogens with one attached hydrogen (secondary N) is 3. The highest BCUT2D eigenvalue weighted by Gasteiger charge is 2.27. The Bertz CT molecular complexity index is 522. The number of hydrogen-bond acceptors (Lipinski definition) is 2. The molecule has 6 heteroatoms. The molecule has 24 heavy (non-hydrogen) atoms. The van der Waals surface area contributed by atoms with Crippen LogP contribution in [0.5, 0.6) is 0 Å². The minimum atomic E-state index is -0.307. The number of carbonyl (C=O) groups excluding carboxylic acids is 1. The van der Waals surface area contributed by atoms with E-state index in [2.05, 4.69) is 19.2 Å². The molecule has 3 atom stereocenters. The van der Waals surface area contributed by atoms with Gasteiger partial charge in [0.15, 0.2) is 12.6 Å². The lowest BCUT2D eigenvalue weighted by Crippen LogP contribution is -3.18. The highest BCUT2D eigenvalue weighted by atomic mass is 19.1. The lowest BCUT2D eigenvalue weighted by atomic mass is 10.1. The van der Waals surface area contributed by atoms with Crippen LogP contribution in [0.15, 0.2) is 24.3 Å². The molecule has 134 valence electrons. The third-order valence-corrected chi connectivity index (χ3v) is 4.19. The molecule has 1 fully saturated rings. The second-order valence-electron chi connectivity index (χ2n) is 7.19. The van der Waals surface area contributed by atoms with E-state index >= 15 is 0 Å². The molecule has 0 radical (unpaired) electrons. The minimum absolute atomic E-state index is 0.0682. The van der Waals surface area contributed by atoms with Crippen LogP contribution in [0.25, 0.3) is 0 Å². The van der Waals surface area contributed by atoms with Gasteiger partial charge in [0.1, 0.15) is 25.5 Å². The van der Waals surface area contributed by atoms with Crippen molar-refractivity contribution in [3.63, 3.8) is 0 Å². The molecule has 2 rings (SSSR count). The zero-order chi connectivity index (χ0) is 17.5. The first kappa shape index (κ1) is 18.8. The van der Waals surface area contributed by atoms with Gasteiger partial charge in [0.25, 0.3) is 5.91 Å². The highest BCUT2D eigenvalue weighted by Crippen LogP contribution is 2.07.